The molecule has 32 heavy (non-hydrogen) atoms. The summed E-state index contributed by atoms with van der Waals surface area (Å²) >= 11 is 0. The molecule has 1 aromatic carbocycles. The molecule has 2 N–H and O–H groups in total. The zero-order chi connectivity index (χ0) is 22.8. The summed E-state index contributed by atoms with van der Waals surface area (Å²) < 4.78 is 34.9. The lowest BCUT2D eigenvalue weighted by Gasteiger charge is -2.21. The summed E-state index contributed by atoms with van der Waals surface area (Å²) in [5.74, 6) is -1.10. The van der Waals surface area contributed by atoms with Gasteiger partial charge >= 0.3 is 0 Å². The minimum atomic E-state index is -1.61. The maximum absolute atomic E-state index is 14.5. The summed E-state index contributed by atoms with van der Waals surface area (Å²) in [6, 6.07) is 7.94. The van der Waals surface area contributed by atoms with E-state index in [4.69, 9.17) is 10.00 Å². The number of rotatable bonds is 5. The molecule has 4 rings (SSSR count). The third-order valence-electron chi connectivity index (χ3n) is 4.90. The van der Waals surface area contributed by atoms with Gasteiger partial charge in [0.1, 0.15) is 24.2 Å². The molecule has 0 saturated heterocycles. The number of carbonyl (C=O) groups excluding carboxylic acids is 1. The van der Waals surface area contributed by atoms with Gasteiger partial charge in [0.15, 0.2) is 23.6 Å². The van der Waals surface area contributed by atoms with E-state index in [2.05, 4.69) is 15.4 Å². The molecule has 0 radical (unpaired) electrons. The Bertz CT molecular complexity index is 1210. The van der Waals surface area contributed by atoms with E-state index in [1.807, 2.05) is 6.07 Å². The number of nitrogens with zero attached hydrogens (tertiary/aromatic N) is 5. The SMILES string of the molecule is CN1C(=O)[C@@H](NC(O)c2nn(Cc3cc(F)cc(C#N)c3)cc2F)COc2cccnc21. The maximum Gasteiger partial charge on any atom is 0.248 e. The smallest absolute Gasteiger partial charge is 0.248 e. The Hall–Kier alpha value is -3.88. The molecular weight excluding hydrogens is 422 g/mol. The summed E-state index contributed by atoms with van der Waals surface area (Å²) in [7, 11) is 1.52. The van der Waals surface area contributed by atoms with Gasteiger partial charge in [-0.15, -0.1) is 0 Å². The van der Waals surface area contributed by atoms with Crippen molar-refractivity contribution in [1.29, 1.82) is 5.26 Å². The molecule has 1 amide bonds. The minimum Gasteiger partial charge on any atom is -0.488 e. The van der Waals surface area contributed by atoms with Crippen LogP contribution < -0.4 is 15.0 Å². The molecule has 0 fully saturated rings. The maximum atomic E-state index is 14.5. The summed E-state index contributed by atoms with van der Waals surface area (Å²) in [4.78, 5) is 18.2. The highest BCUT2D eigenvalue weighted by Gasteiger charge is 2.32. The number of ether oxygens (including phenoxy) is 1. The standard InChI is InChI=1S/C21H18F2N6O3/c1-28-19-17(3-2-4-25-19)32-11-16(21(28)31)26-20(30)18-15(23)10-29(27-18)9-13-5-12(8-24)6-14(22)7-13/h2-7,10,16,20,26,30H,9,11H2,1H3/t16-,20?/m0/s1. The Kier molecular flexibility index (Phi) is 5.81. The molecule has 164 valence electrons. The van der Waals surface area contributed by atoms with Crippen molar-refractivity contribution in [2.45, 2.75) is 18.8 Å². The van der Waals surface area contributed by atoms with Crippen molar-refractivity contribution in [2.24, 2.45) is 0 Å². The highest BCUT2D eigenvalue weighted by molar-refractivity contribution is 5.97. The van der Waals surface area contributed by atoms with Crippen LogP contribution in [0.2, 0.25) is 0 Å². The predicted molar refractivity (Wildman–Crippen MR) is 107 cm³/mol. The van der Waals surface area contributed by atoms with Crippen LogP contribution >= 0.6 is 0 Å². The molecule has 2 atom stereocenters. The largest absolute Gasteiger partial charge is 0.488 e. The number of amides is 1. The van der Waals surface area contributed by atoms with Gasteiger partial charge in [-0.25, -0.2) is 13.8 Å². The van der Waals surface area contributed by atoms with E-state index >= 15 is 0 Å². The molecule has 3 aromatic rings. The lowest BCUT2D eigenvalue weighted by Crippen LogP contribution is -2.48. The van der Waals surface area contributed by atoms with Crippen LogP contribution in [-0.2, 0) is 11.3 Å². The fourth-order valence-electron chi connectivity index (χ4n) is 3.39. The monoisotopic (exact) mass is 440 g/mol. The summed E-state index contributed by atoms with van der Waals surface area (Å²) in [6.45, 7) is -0.132. The first-order valence-electron chi connectivity index (χ1n) is 9.57. The van der Waals surface area contributed by atoms with Crippen molar-refractivity contribution in [3.8, 4) is 11.8 Å². The number of aromatic nitrogens is 3. The van der Waals surface area contributed by atoms with Gasteiger partial charge in [-0.05, 0) is 35.9 Å². The molecule has 9 nitrogen and oxygen atoms in total. The lowest BCUT2D eigenvalue weighted by molar-refractivity contribution is -0.121. The quantitative estimate of drug-likeness (QED) is 0.578. The average Bonchev–Trinajstić information content (AvgIpc) is 3.09. The van der Waals surface area contributed by atoms with Crippen LogP contribution in [0.25, 0.3) is 0 Å². The number of likely N-dealkylation sites (N-methyl/N-ethyl adjacent to an activating group) is 1. The van der Waals surface area contributed by atoms with Crippen LogP contribution in [0, 0.1) is 23.0 Å². The van der Waals surface area contributed by atoms with Crippen LogP contribution in [-0.4, -0.2) is 45.5 Å². The van der Waals surface area contributed by atoms with E-state index in [1.165, 1.54) is 35.0 Å². The zero-order valence-corrected chi connectivity index (χ0v) is 16.9. The second-order valence-electron chi connectivity index (χ2n) is 7.18. The fraction of sp³-hybridized carbons (Fsp3) is 0.238. The molecule has 0 spiro atoms. The van der Waals surface area contributed by atoms with Gasteiger partial charge in [0.05, 0.1) is 24.4 Å². The summed E-state index contributed by atoms with van der Waals surface area (Å²) in [5, 5.41) is 26.1. The Labute approximate surface area is 181 Å². The number of aliphatic hydroxyl groups excluding tert-OH is 1. The van der Waals surface area contributed by atoms with Gasteiger partial charge < -0.3 is 9.84 Å². The summed E-state index contributed by atoms with van der Waals surface area (Å²) in [5.41, 5.74) is 0.190. The van der Waals surface area contributed by atoms with Crippen molar-refractivity contribution in [3.05, 3.63) is 71.2 Å². The van der Waals surface area contributed by atoms with Crippen LogP contribution in [0.15, 0.2) is 42.7 Å². The van der Waals surface area contributed by atoms with E-state index in [0.717, 1.165) is 12.3 Å². The molecule has 0 aliphatic carbocycles. The van der Waals surface area contributed by atoms with E-state index in [1.54, 1.807) is 12.1 Å². The van der Waals surface area contributed by atoms with Crippen molar-refractivity contribution >= 4 is 11.7 Å². The lowest BCUT2D eigenvalue weighted by atomic mass is 10.1. The number of fused-ring (bicyclic) bond motifs is 1. The first-order chi connectivity index (χ1) is 15.4. The molecule has 2 aromatic heterocycles. The van der Waals surface area contributed by atoms with Crippen LogP contribution in [0.3, 0.4) is 0 Å². The van der Waals surface area contributed by atoms with Gasteiger partial charge in [0.2, 0.25) is 5.91 Å². The number of nitriles is 1. The van der Waals surface area contributed by atoms with Crippen molar-refractivity contribution < 1.29 is 23.4 Å². The van der Waals surface area contributed by atoms with Gasteiger partial charge in [0.25, 0.3) is 0 Å². The Morgan fingerprint density at radius 2 is 2.22 bits per heavy atom. The van der Waals surface area contributed by atoms with E-state index < -0.39 is 29.8 Å². The number of anilines is 1. The number of halogens is 2. The molecule has 1 unspecified atom stereocenters. The first-order valence-corrected chi connectivity index (χ1v) is 9.57. The molecule has 1 aliphatic heterocycles. The number of hydrogen-bond acceptors (Lipinski definition) is 7. The van der Waals surface area contributed by atoms with Gasteiger partial charge in [0, 0.05) is 13.2 Å². The normalized spacial score (nSPS) is 16.7. The van der Waals surface area contributed by atoms with E-state index in [9.17, 15) is 18.7 Å². The Balaban J connectivity index is 1.49. The Morgan fingerprint density at radius 3 is 3.00 bits per heavy atom. The van der Waals surface area contributed by atoms with Crippen molar-refractivity contribution in [1.82, 2.24) is 20.1 Å². The van der Waals surface area contributed by atoms with Crippen LogP contribution in [0.1, 0.15) is 23.0 Å². The van der Waals surface area contributed by atoms with Gasteiger partial charge in [-0.1, -0.05) is 0 Å². The van der Waals surface area contributed by atoms with Crippen molar-refractivity contribution in [2.75, 3.05) is 18.6 Å². The highest BCUT2D eigenvalue weighted by Crippen LogP contribution is 2.28. The molecule has 1 aliphatic rings. The van der Waals surface area contributed by atoms with Gasteiger partial charge in [-0.3, -0.25) is 19.7 Å². The van der Waals surface area contributed by atoms with Crippen molar-refractivity contribution in [3.63, 3.8) is 0 Å². The zero-order valence-electron chi connectivity index (χ0n) is 16.9. The van der Waals surface area contributed by atoms with Crippen LogP contribution in [0.4, 0.5) is 14.6 Å². The number of aliphatic hydroxyl groups is 1. The average molecular weight is 440 g/mol. The predicted octanol–water partition coefficient (Wildman–Crippen LogP) is 1.48. The first kappa shape index (κ1) is 21.4. The number of benzene rings is 1. The third-order valence-corrected chi connectivity index (χ3v) is 4.90. The minimum absolute atomic E-state index is 0.0226. The molecule has 11 heteroatoms. The fourth-order valence-corrected chi connectivity index (χ4v) is 3.39. The van der Waals surface area contributed by atoms with E-state index in [-0.39, 0.29) is 24.4 Å². The third kappa shape index (κ3) is 4.27. The molecule has 0 bridgehead atoms. The number of pyridine rings is 1. The van der Waals surface area contributed by atoms with E-state index in [0.29, 0.717) is 17.1 Å². The topological polar surface area (TPSA) is 116 Å². The molecule has 0 saturated carbocycles. The second kappa shape index (κ2) is 8.70. The van der Waals surface area contributed by atoms with Gasteiger partial charge in [-0.2, -0.15) is 10.4 Å². The van der Waals surface area contributed by atoms with Crippen LogP contribution in [0.5, 0.6) is 5.75 Å². The molecular formula is C21H18F2N6O3. The number of carbonyl (C=O) groups is 1. The number of hydrogen-bond donors (Lipinski definition) is 2. The highest BCUT2D eigenvalue weighted by atomic mass is 19.1. The Morgan fingerprint density at radius 1 is 1.41 bits per heavy atom. The second-order valence-corrected chi connectivity index (χ2v) is 7.18. The molecule has 3 heterocycles. The summed E-state index contributed by atoms with van der Waals surface area (Å²) in [6.07, 6.45) is 0.946. The number of nitrogens with one attached hydrogen (secondary N) is 1.